The van der Waals surface area contributed by atoms with Gasteiger partial charge in [-0.2, -0.15) is 0 Å². The van der Waals surface area contributed by atoms with Gasteiger partial charge in [-0.1, -0.05) is 12.8 Å². The molecular weight excluding hydrogens is 166 g/mol. The number of hydrogen-bond acceptors (Lipinski definition) is 2. The molecule has 0 radical (unpaired) electrons. The van der Waals surface area contributed by atoms with Gasteiger partial charge in [-0.05, 0) is 33.1 Å². The fraction of sp³-hybridized carbons (Fsp3) is 0.900. The molecule has 0 aromatic rings. The van der Waals surface area contributed by atoms with Crippen LogP contribution in [-0.2, 0) is 4.79 Å². The summed E-state index contributed by atoms with van der Waals surface area (Å²) in [7, 11) is 0. The van der Waals surface area contributed by atoms with Gasteiger partial charge in [0.25, 0.3) is 0 Å². The molecule has 0 aromatic heterocycles. The Hall–Kier alpha value is -0.570. The standard InChI is InChI=1S/C10H19NO2/c1-7(2)11-10(3,9(12)13)6-8-4-5-8/h7-8,11H,4-6H2,1-3H3,(H,12,13). The Balaban J connectivity index is 2.55. The van der Waals surface area contributed by atoms with Crippen LogP contribution in [0.15, 0.2) is 0 Å². The van der Waals surface area contributed by atoms with Gasteiger partial charge >= 0.3 is 5.97 Å². The van der Waals surface area contributed by atoms with Gasteiger partial charge in [0.15, 0.2) is 0 Å². The van der Waals surface area contributed by atoms with Crippen LogP contribution >= 0.6 is 0 Å². The molecule has 0 amide bonds. The van der Waals surface area contributed by atoms with Crippen molar-refractivity contribution in [2.75, 3.05) is 0 Å². The molecule has 0 saturated heterocycles. The zero-order valence-electron chi connectivity index (χ0n) is 8.63. The summed E-state index contributed by atoms with van der Waals surface area (Å²) in [6.07, 6.45) is 3.16. The number of carbonyl (C=O) groups is 1. The monoisotopic (exact) mass is 185 g/mol. The van der Waals surface area contributed by atoms with E-state index in [1.807, 2.05) is 13.8 Å². The number of nitrogens with one attached hydrogen (secondary N) is 1. The van der Waals surface area contributed by atoms with Crippen molar-refractivity contribution in [3.8, 4) is 0 Å². The summed E-state index contributed by atoms with van der Waals surface area (Å²) < 4.78 is 0. The Morgan fingerprint density at radius 3 is 2.46 bits per heavy atom. The third kappa shape index (κ3) is 2.99. The van der Waals surface area contributed by atoms with E-state index in [0.717, 1.165) is 6.42 Å². The molecule has 1 unspecified atom stereocenters. The normalized spacial score (nSPS) is 21.5. The van der Waals surface area contributed by atoms with Crippen LogP contribution in [0, 0.1) is 5.92 Å². The van der Waals surface area contributed by atoms with Crippen molar-refractivity contribution in [2.45, 2.75) is 51.6 Å². The first kappa shape index (κ1) is 10.5. The molecule has 1 aliphatic carbocycles. The molecule has 1 rings (SSSR count). The number of aliphatic carboxylic acids is 1. The lowest BCUT2D eigenvalue weighted by Gasteiger charge is -2.28. The molecule has 1 saturated carbocycles. The van der Waals surface area contributed by atoms with Crippen LogP contribution in [0.5, 0.6) is 0 Å². The molecular formula is C10H19NO2. The molecule has 0 aliphatic heterocycles. The Kier molecular flexibility index (Phi) is 2.96. The quantitative estimate of drug-likeness (QED) is 0.684. The summed E-state index contributed by atoms with van der Waals surface area (Å²) in [5, 5.41) is 12.2. The van der Waals surface area contributed by atoms with Crippen LogP contribution in [0.1, 0.15) is 40.0 Å². The second-order valence-corrected chi connectivity index (χ2v) is 4.58. The first-order valence-electron chi connectivity index (χ1n) is 4.95. The van der Waals surface area contributed by atoms with E-state index in [2.05, 4.69) is 5.32 Å². The first-order valence-corrected chi connectivity index (χ1v) is 4.95. The van der Waals surface area contributed by atoms with Gasteiger partial charge in [0.2, 0.25) is 0 Å². The second-order valence-electron chi connectivity index (χ2n) is 4.58. The van der Waals surface area contributed by atoms with E-state index in [1.165, 1.54) is 12.8 Å². The average Bonchev–Trinajstić information content (AvgIpc) is 2.69. The van der Waals surface area contributed by atoms with Crippen LogP contribution in [0.3, 0.4) is 0 Å². The van der Waals surface area contributed by atoms with Crippen molar-refractivity contribution >= 4 is 5.97 Å². The van der Waals surface area contributed by atoms with Crippen molar-refractivity contribution in [2.24, 2.45) is 5.92 Å². The highest BCUT2D eigenvalue weighted by Gasteiger charge is 2.39. The molecule has 0 aromatic carbocycles. The second kappa shape index (κ2) is 3.66. The van der Waals surface area contributed by atoms with E-state index in [4.69, 9.17) is 5.11 Å². The maximum absolute atomic E-state index is 11.1. The summed E-state index contributed by atoms with van der Waals surface area (Å²) in [5.41, 5.74) is -0.727. The molecule has 3 heteroatoms. The highest BCUT2D eigenvalue weighted by Crippen LogP contribution is 2.36. The predicted molar refractivity (Wildman–Crippen MR) is 51.7 cm³/mol. The van der Waals surface area contributed by atoms with Gasteiger partial charge in [-0.3, -0.25) is 10.1 Å². The molecule has 1 fully saturated rings. The molecule has 1 atom stereocenters. The minimum atomic E-state index is -0.729. The van der Waals surface area contributed by atoms with E-state index >= 15 is 0 Å². The Bertz CT molecular complexity index is 193. The minimum absolute atomic E-state index is 0.222. The summed E-state index contributed by atoms with van der Waals surface area (Å²) in [5.74, 6) is -0.0968. The highest BCUT2D eigenvalue weighted by atomic mass is 16.4. The summed E-state index contributed by atoms with van der Waals surface area (Å²) in [6, 6.07) is 0.222. The number of carboxylic acid groups (broad SMARTS) is 1. The van der Waals surface area contributed by atoms with E-state index in [9.17, 15) is 4.79 Å². The average molecular weight is 185 g/mol. The maximum Gasteiger partial charge on any atom is 0.323 e. The number of rotatable bonds is 5. The Morgan fingerprint density at radius 2 is 2.15 bits per heavy atom. The van der Waals surface area contributed by atoms with Gasteiger partial charge in [0.05, 0.1) is 0 Å². The summed E-state index contributed by atoms with van der Waals surface area (Å²) in [6.45, 7) is 5.75. The molecule has 1 aliphatic rings. The third-order valence-corrected chi connectivity index (χ3v) is 2.47. The Morgan fingerprint density at radius 1 is 1.62 bits per heavy atom. The van der Waals surface area contributed by atoms with Crippen molar-refractivity contribution in [1.29, 1.82) is 0 Å². The maximum atomic E-state index is 11.1. The van der Waals surface area contributed by atoms with Crippen molar-refractivity contribution < 1.29 is 9.90 Å². The van der Waals surface area contributed by atoms with E-state index in [-0.39, 0.29) is 6.04 Å². The van der Waals surface area contributed by atoms with Crippen LogP contribution < -0.4 is 5.32 Å². The lowest BCUT2D eigenvalue weighted by molar-refractivity contribution is -0.145. The van der Waals surface area contributed by atoms with Gasteiger partial charge < -0.3 is 5.11 Å². The molecule has 0 heterocycles. The van der Waals surface area contributed by atoms with Gasteiger partial charge in [0.1, 0.15) is 5.54 Å². The predicted octanol–water partition coefficient (Wildman–Crippen LogP) is 1.63. The summed E-state index contributed by atoms with van der Waals surface area (Å²) >= 11 is 0. The topological polar surface area (TPSA) is 49.3 Å². The molecule has 2 N–H and O–H groups in total. The minimum Gasteiger partial charge on any atom is -0.480 e. The molecule has 76 valence electrons. The van der Waals surface area contributed by atoms with Crippen LogP contribution in [0.2, 0.25) is 0 Å². The lowest BCUT2D eigenvalue weighted by Crippen LogP contribution is -2.52. The van der Waals surface area contributed by atoms with E-state index in [1.54, 1.807) is 6.92 Å². The smallest absolute Gasteiger partial charge is 0.323 e. The van der Waals surface area contributed by atoms with Crippen molar-refractivity contribution in [3.05, 3.63) is 0 Å². The SMILES string of the molecule is CC(C)NC(C)(CC1CC1)C(=O)O. The first-order chi connectivity index (χ1) is 5.94. The molecule has 0 spiro atoms. The van der Waals surface area contributed by atoms with Crippen LogP contribution in [-0.4, -0.2) is 22.7 Å². The molecule has 3 nitrogen and oxygen atoms in total. The highest BCUT2D eigenvalue weighted by molar-refractivity contribution is 5.78. The van der Waals surface area contributed by atoms with Crippen molar-refractivity contribution in [3.63, 3.8) is 0 Å². The lowest BCUT2D eigenvalue weighted by atomic mass is 9.94. The number of carboxylic acids is 1. The van der Waals surface area contributed by atoms with Crippen LogP contribution in [0.25, 0.3) is 0 Å². The number of hydrogen-bond donors (Lipinski definition) is 2. The molecule has 13 heavy (non-hydrogen) atoms. The van der Waals surface area contributed by atoms with Crippen molar-refractivity contribution in [1.82, 2.24) is 5.32 Å². The van der Waals surface area contributed by atoms with Crippen LogP contribution in [0.4, 0.5) is 0 Å². The van der Waals surface area contributed by atoms with Gasteiger partial charge in [-0.25, -0.2) is 0 Å². The van der Waals surface area contributed by atoms with Gasteiger partial charge in [0, 0.05) is 6.04 Å². The third-order valence-electron chi connectivity index (χ3n) is 2.47. The van der Waals surface area contributed by atoms with E-state index in [0.29, 0.717) is 5.92 Å². The fourth-order valence-corrected chi connectivity index (χ4v) is 1.74. The van der Waals surface area contributed by atoms with E-state index < -0.39 is 11.5 Å². The van der Waals surface area contributed by atoms with Gasteiger partial charge in [-0.15, -0.1) is 0 Å². The zero-order valence-corrected chi connectivity index (χ0v) is 8.63. The molecule has 0 bridgehead atoms. The summed E-state index contributed by atoms with van der Waals surface area (Å²) in [4.78, 5) is 11.1. The largest absolute Gasteiger partial charge is 0.480 e. The Labute approximate surface area is 79.5 Å². The fourth-order valence-electron chi connectivity index (χ4n) is 1.74. The zero-order chi connectivity index (χ0) is 10.1.